The third kappa shape index (κ3) is 6.00. The molecule has 4 rings (SSSR count). The topological polar surface area (TPSA) is 92.5 Å². The summed E-state index contributed by atoms with van der Waals surface area (Å²) in [5, 5.41) is 12.9. The predicted octanol–water partition coefficient (Wildman–Crippen LogP) is 7.07. The van der Waals surface area contributed by atoms with Crippen molar-refractivity contribution in [1.29, 1.82) is 0 Å². The van der Waals surface area contributed by atoms with Crippen LogP contribution in [0.3, 0.4) is 0 Å². The number of hydrogen-bond donors (Lipinski definition) is 1. The first-order valence-corrected chi connectivity index (χ1v) is 13.7. The molecule has 0 saturated heterocycles. The van der Waals surface area contributed by atoms with Crippen LogP contribution in [0.5, 0.6) is 0 Å². The fourth-order valence-electron chi connectivity index (χ4n) is 5.61. The number of hydrogen-bond acceptors (Lipinski definition) is 4. The number of alkyl halides is 3. The molecular weight excluding hydrogens is 577 g/mol. The number of benzene rings is 1. The minimum absolute atomic E-state index is 0.0108. The maximum Gasteiger partial charge on any atom is 0.433 e. The molecule has 2 aromatic rings. The van der Waals surface area contributed by atoms with Gasteiger partial charge in [-0.2, -0.15) is 18.3 Å². The van der Waals surface area contributed by atoms with Gasteiger partial charge >= 0.3 is 12.1 Å². The van der Waals surface area contributed by atoms with Crippen molar-refractivity contribution in [2.24, 2.45) is 10.8 Å². The van der Waals surface area contributed by atoms with E-state index in [1.807, 2.05) is 6.92 Å². The maximum absolute atomic E-state index is 14.4. The lowest BCUT2D eigenvalue weighted by Crippen LogP contribution is -2.46. The highest BCUT2D eigenvalue weighted by Crippen LogP contribution is 2.44. The number of amides is 1. The molecule has 0 atom stereocenters. The maximum atomic E-state index is 14.4. The van der Waals surface area contributed by atoms with Crippen LogP contribution in [0.4, 0.5) is 17.6 Å². The highest BCUT2D eigenvalue weighted by molar-refractivity contribution is 6.40. The van der Waals surface area contributed by atoms with Gasteiger partial charge in [-0.3, -0.25) is 19.1 Å². The summed E-state index contributed by atoms with van der Waals surface area (Å²) in [6.45, 7) is 2.83. The second-order valence-electron chi connectivity index (χ2n) is 11.4. The molecule has 2 aliphatic rings. The molecular formula is C27H29Cl2F4N3O4. The SMILES string of the molecule is CC1(CN(CC(=O)c2c(Cl)cc(F)cc2Cl)C(=O)c2cnn(C3CCC(C)(C(=O)O)CC3)c2C(F)(F)F)CCC1. The Morgan fingerprint density at radius 1 is 1.10 bits per heavy atom. The van der Waals surface area contributed by atoms with Gasteiger partial charge in [-0.1, -0.05) is 36.5 Å². The van der Waals surface area contributed by atoms with Crippen LogP contribution < -0.4 is 0 Å². The number of carboxylic acids is 1. The van der Waals surface area contributed by atoms with Gasteiger partial charge in [-0.05, 0) is 63.0 Å². The Hall–Kier alpha value is -2.66. The Balaban J connectivity index is 1.68. The monoisotopic (exact) mass is 605 g/mol. The van der Waals surface area contributed by atoms with E-state index in [0.29, 0.717) is 0 Å². The van der Waals surface area contributed by atoms with Gasteiger partial charge in [-0.15, -0.1) is 0 Å². The minimum Gasteiger partial charge on any atom is -0.481 e. The lowest BCUT2D eigenvalue weighted by atomic mass is 9.70. The molecule has 1 aromatic carbocycles. The summed E-state index contributed by atoms with van der Waals surface area (Å²) in [6, 6.07) is 1.04. The molecule has 13 heteroatoms. The van der Waals surface area contributed by atoms with E-state index < -0.39 is 64.3 Å². The van der Waals surface area contributed by atoms with Crippen LogP contribution in [-0.4, -0.2) is 50.5 Å². The van der Waals surface area contributed by atoms with E-state index in [1.165, 1.54) is 0 Å². The van der Waals surface area contributed by atoms with Crippen LogP contribution in [0.25, 0.3) is 0 Å². The Labute approximate surface area is 238 Å². The van der Waals surface area contributed by atoms with Crippen LogP contribution >= 0.6 is 23.2 Å². The molecule has 0 aliphatic heterocycles. The molecule has 2 fully saturated rings. The highest BCUT2D eigenvalue weighted by Gasteiger charge is 2.46. The highest BCUT2D eigenvalue weighted by atomic mass is 35.5. The number of aliphatic carboxylic acids is 1. The van der Waals surface area contributed by atoms with Crippen molar-refractivity contribution in [3.05, 3.63) is 51.0 Å². The van der Waals surface area contributed by atoms with E-state index in [0.717, 1.165) is 47.2 Å². The molecule has 0 radical (unpaired) electrons. The van der Waals surface area contributed by atoms with Gasteiger partial charge in [0, 0.05) is 6.54 Å². The number of ketones is 1. The van der Waals surface area contributed by atoms with E-state index in [-0.39, 0.29) is 47.8 Å². The molecule has 2 saturated carbocycles. The summed E-state index contributed by atoms with van der Waals surface area (Å²) in [7, 11) is 0. The third-order valence-electron chi connectivity index (χ3n) is 8.26. The number of nitrogens with zero attached hydrogens (tertiary/aromatic N) is 3. The van der Waals surface area contributed by atoms with E-state index in [4.69, 9.17) is 23.2 Å². The standard InChI is InChI=1S/C27H29Cl2F4N3O4/c1-25(6-3-7-25)14-35(13-20(37)21-18(28)10-15(30)11-19(21)29)23(38)17-12-34-36(22(17)27(31,32)33)16-4-8-26(2,9-5-16)24(39)40/h10-12,16H,3-9,13-14H2,1-2H3,(H,39,40). The number of carboxylic acid groups (broad SMARTS) is 1. The largest absolute Gasteiger partial charge is 0.481 e. The molecule has 1 heterocycles. The van der Waals surface area contributed by atoms with Crippen molar-refractivity contribution in [3.8, 4) is 0 Å². The second-order valence-corrected chi connectivity index (χ2v) is 12.3. The van der Waals surface area contributed by atoms with Crippen LogP contribution in [0.1, 0.15) is 91.2 Å². The summed E-state index contributed by atoms with van der Waals surface area (Å²) >= 11 is 12.1. The van der Waals surface area contributed by atoms with Crippen molar-refractivity contribution in [2.75, 3.05) is 13.1 Å². The fourth-order valence-corrected chi connectivity index (χ4v) is 6.28. The Morgan fingerprint density at radius 2 is 1.68 bits per heavy atom. The first-order valence-electron chi connectivity index (χ1n) is 12.9. The third-order valence-corrected chi connectivity index (χ3v) is 8.85. The normalized spacial score (nSPS) is 22.4. The van der Waals surface area contributed by atoms with E-state index in [9.17, 15) is 37.1 Å². The zero-order chi connectivity index (χ0) is 29.6. The first kappa shape index (κ1) is 30.3. The lowest BCUT2D eigenvalue weighted by Gasteiger charge is -2.42. The molecule has 1 N–H and O–H groups in total. The van der Waals surface area contributed by atoms with Crippen LogP contribution in [-0.2, 0) is 11.0 Å². The lowest BCUT2D eigenvalue weighted by molar-refractivity contribution is -0.152. The smallest absolute Gasteiger partial charge is 0.433 e. The van der Waals surface area contributed by atoms with Crippen molar-refractivity contribution >= 4 is 40.9 Å². The fraction of sp³-hybridized carbons (Fsp3) is 0.556. The minimum atomic E-state index is -4.95. The molecule has 0 spiro atoms. The number of halogens is 6. The second kappa shape index (κ2) is 11.0. The summed E-state index contributed by atoms with van der Waals surface area (Å²) in [5.41, 5.74) is -3.61. The molecule has 0 bridgehead atoms. The van der Waals surface area contributed by atoms with Crippen molar-refractivity contribution in [3.63, 3.8) is 0 Å². The number of carbonyl (C=O) groups excluding carboxylic acids is 2. The number of Topliss-reactive ketones (excluding diaryl/α,β-unsaturated/α-hetero) is 1. The molecule has 1 aromatic heterocycles. The predicted molar refractivity (Wildman–Crippen MR) is 139 cm³/mol. The summed E-state index contributed by atoms with van der Waals surface area (Å²) < 4.78 is 57.7. The summed E-state index contributed by atoms with van der Waals surface area (Å²) in [4.78, 5) is 39.6. The summed E-state index contributed by atoms with van der Waals surface area (Å²) in [5.74, 6) is -3.55. The van der Waals surface area contributed by atoms with Crippen LogP contribution in [0, 0.1) is 16.6 Å². The average Bonchev–Trinajstić information content (AvgIpc) is 3.28. The molecule has 1 amide bonds. The number of aromatic nitrogens is 2. The van der Waals surface area contributed by atoms with Gasteiger partial charge in [0.25, 0.3) is 5.91 Å². The molecule has 218 valence electrons. The average molecular weight is 606 g/mol. The van der Waals surface area contributed by atoms with Gasteiger partial charge in [0.05, 0.1) is 45.4 Å². The van der Waals surface area contributed by atoms with Crippen molar-refractivity contribution in [1.82, 2.24) is 14.7 Å². The first-order chi connectivity index (χ1) is 18.5. The van der Waals surface area contributed by atoms with Crippen LogP contribution in [0.15, 0.2) is 18.3 Å². The van der Waals surface area contributed by atoms with Gasteiger partial charge < -0.3 is 10.0 Å². The van der Waals surface area contributed by atoms with Crippen LogP contribution in [0.2, 0.25) is 10.0 Å². The molecule has 0 unspecified atom stereocenters. The Bertz CT molecular complexity index is 1310. The van der Waals surface area contributed by atoms with Crippen molar-refractivity contribution in [2.45, 2.75) is 71.0 Å². The van der Waals surface area contributed by atoms with E-state index >= 15 is 0 Å². The van der Waals surface area contributed by atoms with Gasteiger partial charge in [0.2, 0.25) is 0 Å². The Morgan fingerprint density at radius 3 is 2.15 bits per heavy atom. The number of rotatable bonds is 8. The molecule has 40 heavy (non-hydrogen) atoms. The number of carbonyl (C=O) groups is 3. The quantitative estimate of drug-likeness (QED) is 0.257. The van der Waals surface area contributed by atoms with E-state index in [1.54, 1.807) is 6.92 Å². The molecule has 7 nitrogen and oxygen atoms in total. The van der Waals surface area contributed by atoms with E-state index in [2.05, 4.69) is 5.10 Å². The molecule has 2 aliphatic carbocycles. The Kier molecular flexibility index (Phi) is 8.31. The summed E-state index contributed by atoms with van der Waals surface area (Å²) in [6.07, 6.45) is -1.17. The van der Waals surface area contributed by atoms with Gasteiger partial charge in [0.15, 0.2) is 11.5 Å². The zero-order valence-electron chi connectivity index (χ0n) is 22.0. The van der Waals surface area contributed by atoms with Gasteiger partial charge in [-0.25, -0.2) is 4.39 Å². The van der Waals surface area contributed by atoms with Gasteiger partial charge in [0.1, 0.15) is 5.82 Å². The zero-order valence-corrected chi connectivity index (χ0v) is 23.5. The van der Waals surface area contributed by atoms with Crippen molar-refractivity contribution < 1.29 is 37.1 Å².